The van der Waals surface area contributed by atoms with Gasteiger partial charge in [0.15, 0.2) is 13.2 Å². The van der Waals surface area contributed by atoms with Gasteiger partial charge in [-0.1, -0.05) is 6.07 Å². The monoisotopic (exact) mass is 328 g/mol. The lowest BCUT2D eigenvalue weighted by atomic mass is 10.2. The van der Waals surface area contributed by atoms with Crippen LogP contribution in [0, 0.1) is 0 Å². The van der Waals surface area contributed by atoms with E-state index >= 15 is 0 Å². The molecule has 0 aromatic heterocycles. The fraction of sp³-hybridized carbons (Fsp3) is 0.176. The van der Waals surface area contributed by atoms with Crippen LogP contribution in [0.2, 0.25) is 0 Å². The molecule has 2 aromatic rings. The van der Waals surface area contributed by atoms with Crippen LogP contribution in [0.5, 0.6) is 17.2 Å². The molecular weight excluding hydrogens is 312 g/mol. The molecular formula is C17H16N2O5. The summed E-state index contributed by atoms with van der Waals surface area (Å²) in [6, 6.07) is 12.0. The van der Waals surface area contributed by atoms with Crippen molar-refractivity contribution in [2.45, 2.75) is 0 Å². The molecule has 0 fully saturated rings. The molecule has 0 saturated heterocycles. The second kappa shape index (κ2) is 6.91. The van der Waals surface area contributed by atoms with Crippen LogP contribution in [-0.2, 0) is 9.59 Å². The Kier molecular flexibility index (Phi) is 4.51. The number of amides is 2. The van der Waals surface area contributed by atoms with Crippen molar-refractivity contribution in [3.63, 3.8) is 0 Å². The quantitative estimate of drug-likeness (QED) is 0.877. The standard InChI is InChI=1S/C17H16N2O5/c1-22-12-3-2-4-13(8-12)23-9-16(20)18-11-5-6-14-15(7-11)24-10-17(21)19-14/h2-8H,9-10H2,1H3,(H,18,20)(H,19,21). The van der Waals surface area contributed by atoms with E-state index in [0.717, 1.165) is 0 Å². The molecule has 2 amide bonds. The Morgan fingerprint density at radius 1 is 1.25 bits per heavy atom. The lowest BCUT2D eigenvalue weighted by Crippen LogP contribution is -2.25. The minimum absolute atomic E-state index is 0.0383. The molecule has 24 heavy (non-hydrogen) atoms. The fourth-order valence-electron chi connectivity index (χ4n) is 2.19. The van der Waals surface area contributed by atoms with Gasteiger partial charge in [0.1, 0.15) is 17.2 Å². The van der Waals surface area contributed by atoms with Crippen molar-refractivity contribution in [1.82, 2.24) is 0 Å². The van der Waals surface area contributed by atoms with Crippen LogP contribution < -0.4 is 24.8 Å². The summed E-state index contributed by atoms with van der Waals surface area (Å²) in [5.74, 6) is 1.20. The third-order valence-electron chi connectivity index (χ3n) is 3.31. The third-order valence-corrected chi connectivity index (χ3v) is 3.31. The lowest BCUT2D eigenvalue weighted by Gasteiger charge is -2.18. The number of hydrogen-bond donors (Lipinski definition) is 2. The number of anilines is 2. The Hall–Kier alpha value is -3.22. The molecule has 7 heteroatoms. The van der Waals surface area contributed by atoms with Crippen LogP contribution in [0.4, 0.5) is 11.4 Å². The average molecular weight is 328 g/mol. The Morgan fingerprint density at radius 3 is 2.92 bits per heavy atom. The summed E-state index contributed by atoms with van der Waals surface area (Å²) in [6.45, 7) is -0.175. The zero-order chi connectivity index (χ0) is 16.9. The minimum Gasteiger partial charge on any atom is -0.497 e. The predicted octanol–water partition coefficient (Wildman–Crippen LogP) is 2.04. The number of nitrogens with one attached hydrogen (secondary N) is 2. The Balaban J connectivity index is 1.58. The smallest absolute Gasteiger partial charge is 0.262 e. The van der Waals surface area contributed by atoms with E-state index in [1.54, 1.807) is 49.6 Å². The van der Waals surface area contributed by atoms with Crippen LogP contribution >= 0.6 is 0 Å². The zero-order valence-corrected chi connectivity index (χ0v) is 13.0. The molecule has 0 saturated carbocycles. The van der Waals surface area contributed by atoms with E-state index in [0.29, 0.717) is 28.6 Å². The van der Waals surface area contributed by atoms with E-state index in [-0.39, 0.29) is 25.0 Å². The van der Waals surface area contributed by atoms with Crippen LogP contribution in [0.1, 0.15) is 0 Å². The van der Waals surface area contributed by atoms with Crippen molar-refractivity contribution in [2.75, 3.05) is 31.0 Å². The third kappa shape index (κ3) is 3.75. The molecule has 0 atom stereocenters. The van der Waals surface area contributed by atoms with Crippen molar-refractivity contribution in [3.8, 4) is 17.2 Å². The number of fused-ring (bicyclic) bond motifs is 1. The van der Waals surface area contributed by atoms with Crippen molar-refractivity contribution >= 4 is 23.2 Å². The predicted molar refractivity (Wildman–Crippen MR) is 87.7 cm³/mol. The number of rotatable bonds is 5. The van der Waals surface area contributed by atoms with Gasteiger partial charge in [-0.2, -0.15) is 0 Å². The highest BCUT2D eigenvalue weighted by atomic mass is 16.5. The number of ether oxygens (including phenoxy) is 3. The maximum atomic E-state index is 12.0. The number of hydrogen-bond acceptors (Lipinski definition) is 5. The van der Waals surface area contributed by atoms with Crippen molar-refractivity contribution in [3.05, 3.63) is 42.5 Å². The zero-order valence-electron chi connectivity index (χ0n) is 13.0. The molecule has 7 nitrogen and oxygen atoms in total. The minimum atomic E-state index is -0.308. The molecule has 0 radical (unpaired) electrons. The Labute approximate surface area is 138 Å². The van der Waals surface area contributed by atoms with E-state index in [4.69, 9.17) is 14.2 Å². The van der Waals surface area contributed by atoms with E-state index < -0.39 is 0 Å². The molecule has 2 N–H and O–H groups in total. The number of methoxy groups -OCH3 is 1. The number of carbonyl (C=O) groups is 2. The average Bonchev–Trinajstić information content (AvgIpc) is 2.60. The second-order valence-corrected chi connectivity index (χ2v) is 5.06. The first-order valence-electron chi connectivity index (χ1n) is 7.27. The van der Waals surface area contributed by atoms with Gasteiger partial charge in [-0.3, -0.25) is 9.59 Å². The highest BCUT2D eigenvalue weighted by Gasteiger charge is 2.16. The Bertz CT molecular complexity index is 775. The summed E-state index contributed by atoms with van der Waals surface area (Å²) >= 11 is 0. The molecule has 0 unspecified atom stereocenters. The van der Waals surface area contributed by atoms with Crippen molar-refractivity contribution < 1.29 is 23.8 Å². The normalized spacial score (nSPS) is 12.5. The van der Waals surface area contributed by atoms with Gasteiger partial charge in [-0.05, 0) is 24.3 Å². The van der Waals surface area contributed by atoms with Crippen LogP contribution in [0.15, 0.2) is 42.5 Å². The van der Waals surface area contributed by atoms with Crippen LogP contribution in [0.25, 0.3) is 0 Å². The summed E-state index contributed by atoms with van der Waals surface area (Å²) < 4.78 is 15.8. The van der Waals surface area contributed by atoms with E-state index in [1.165, 1.54) is 0 Å². The lowest BCUT2D eigenvalue weighted by molar-refractivity contribution is -0.119. The highest BCUT2D eigenvalue weighted by Crippen LogP contribution is 2.30. The first kappa shape index (κ1) is 15.7. The molecule has 1 heterocycles. The maximum Gasteiger partial charge on any atom is 0.262 e. The molecule has 0 spiro atoms. The van der Waals surface area contributed by atoms with E-state index in [1.807, 2.05) is 0 Å². The maximum absolute atomic E-state index is 12.0. The van der Waals surface area contributed by atoms with Gasteiger partial charge in [-0.15, -0.1) is 0 Å². The van der Waals surface area contributed by atoms with Crippen LogP contribution in [-0.4, -0.2) is 32.1 Å². The summed E-state index contributed by atoms with van der Waals surface area (Å²) in [4.78, 5) is 23.2. The van der Waals surface area contributed by atoms with E-state index in [9.17, 15) is 9.59 Å². The van der Waals surface area contributed by atoms with Gasteiger partial charge in [-0.25, -0.2) is 0 Å². The number of carbonyl (C=O) groups excluding carboxylic acids is 2. The van der Waals surface area contributed by atoms with Gasteiger partial charge in [0.2, 0.25) is 0 Å². The molecule has 3 rings (SSSR count). The first-order chi connectivity index (χ1) is 11.6. The summed E-state index contributed by atoms with van der Waals surface area (Å²) in [5, 5.41) is 5.40. The molecule has 1 aliphatic rings. The molecule has 2 aromatic carbocycles. The van der Waals surface area contributed by atoms with E-state index in [2.05, 4.69) is 10.6 Å². The largest absolute Gasteiger partial charge is 0.497 e. The van der Waals surface area contributed by atoms with Gasteiger partial charge in [0.25, 0.3) is 11.8 Å². The molecule has 124 valence electrons. The molecule has 1 aliphatic heterocycles. The highest BCUT2D eigenvalue weighted by molar-refractivity contribution is 5.97. The number of benzene rings is 2. The van der Waals surface area contributed by atoms with Gasteiger partial charge < -0.3 is 24.8 Å². The molecule has 0 aliphatic carbocycles. The summed E-state index contributed by atoms with van der Waals surface area (Å²) in [6.07, 6.45) is 0. The van der Waals surface area contributed by atoms with Crippen molar-refractivity contribution in [1.29, 1.82) is 0 Å². The Morgan fingerprint density at radius 2 is 2.08 bits per heavy atom. The van der Waals surface area contributed by atoms with Crippen molar-refractivity contribution in [2.24, 2.45) is 0 Å². The van der Waals surface area contributed by atoms with Gasteiger partial charge >= 0.3 is 0 Å². The molecule has 0 bridgehead atoms. The SMILES string of the molecule is COc1cccc(OCC(=O)Nc2ccc3c(c2)OCC(=O)N3)c1. The summed E-state index contributed by atoms with van der Waals surface area (Å²) in [7, 11) is 1.56. The first-order valence-corrected chi connectivity index (χ1v) is 7.27. The van der Waals surface area contributed by atoms with Gasteiger partial charge in [0.05, 0.1) is 12.8 Å². The van der Waals surface area contributed by atoms with Crippen LogP contribution in [0.3, 0.4) is 0 Å². The second-order valence-electron chi connectivity index (χ2n) is 5.06. The van der Waals surface area contributed by atoms with Gasteiger partial charge in [0, 0.05) is 17.8 Å². The summed E-state index contributed by atoms with van der Waals surface area (Å²) in [5.41, 5.74) is 1.14. The topological polar surface area (TPSA) is 85.9 Å². The fourth-order valence-corrected chi connectivity index (χ4v) is 2.19.